The number of aromatic nitrogens is 2. The molecule has 8 heteroatoms. The van der Waals surface area contributed by atoms with Crippen LogP contribution in [0.2, 0.25) is 0 Å². The van der Waals surface area contributed by atoms with Crippen LogP contribution in [0.4, 0.5) is 5.69 Å². The van der Waals surface area contributed by atoms with Crippen LogP contribution in [-0.4, -0.2) is 45.6 Å². The third-order valence-electron chi connectivity index (χ3n) is 4.15. The van der Waals surface area contributed by atoms with Crippen molar-refractivity contribution in [3.63, 3.8) is 0 Å². The Morgan fingerprint density at radius 3 is 2.62 bits per heavy atom. The van der Waals surface area contributed by atoms with Crippen molar-refractivity contribution in [2.24, 2.45) is 0 Å². The summed E-state index contributed by atoms with van der Waals surface area (Å²) in [6.45, 7) is 5.44. The highest BCUT2D eigenvalue weighted by atomic mass is 16.6. The first-order valence-electron chi connectivity index (χ1n) is 8.56. The van der Waals surface area contributed by atoms with E-state index in [-0.39, 0.29) is 18.1 Å². The Morgan fingerprint density at radius 1 is 1.31 bits per heavy atom. The fourth-order valence-corrected chi connectivity index (χ4v) is 2.85. The van der Waals surface area contributed by atoms with Crippen molar-refractivity contribution in [2.45, 2.75) is 33.4 Å². The average Bonchev–Trinajstić information content (AvgIpc) is 2.86. The molecular formula is C18H25N5O3. The van der Waals surface area contributed by atoms with Crippen molar-refractivity contribution in [1.82, 2.24) is 20.0 Å². The van der Waals surface area contributed by atoms with Gasteiger partial charge >= 0.3 is 5.69 Å². The van der Waals surface area contributed by atoms with Crippen LogP contribution in [0.1, 0.15) is 23.4 Å². The molecule has 2 rings (SSSR count). The molecule has 0 aliphatic heterocycles. The van der Waals surface area contributed by atoms with E-state index >= 15 is 0 Å². The molecule has 0 fully saturated rings. The quantitative estimate of drug-likeness (QED) is 0.420. The van der Waals surface area contributed by atoms with E-state index < -0.39 is 4.92 Å². The van der Waals surface area contributed by atoms with Crippen molar-refractivity contribution >= 4 is 11.6 Å². The second-order valence-corrected chi connectivity index (χ2v) is 6.36. The van der Waals surface area contributed by atoms with Crippen LogP contribution >= 0.6 is 0 Å². The normalized spacial score (nSPS) is 10.9. The zero-order chi connectivity index (χ0) is 19.1. The van der Waals surface area contributed by atoms with E-state index in [0.29, 0.717) is 17.9 Å². The SMILES string of the molecule is Cc1nn(CC(=O)NCCCN(C)Cc2ccccc2)c(C)c1[N+](=O)[O-]. The van der Waals surface area contributed by atoms with Crippen LogP contribution in [0.25, 0.3) is 0 Å². The lowest BCUT2D eigenvalue weighted by Gasteiger charge is -2.16. The summed E-state index contributed by atoms with van der Waals surface area (Å²) in [6, 6.07) is 10.2. The number of hydrogen-bond acceptors (Lipinski definition) is 5. The van der Waals surface area contributed by atoms with Crippen molar-refractivity contribution < 1.29 is 9.72 Å². The van der Waals surface area contributed by atoms with Crippen LogP contribution in [0, 0.1) is 24.0 Å². The van der Waals surface area contributed by atoms with E-state index in [0.717, 1.165) is 19.5 Å². The first kappa shape index (κ1) is 19.6. The number of nitrogens with zero attached hydrogens (tertiary/aromatic N) is 4. The van der Waals surface area contributed by atoms with Gasteiger partial charge in [-0.15, -0.1) is 0 Å². The summed E-state index contributed by atoms with van der Waals surface area (Å²) in [6.07, 6.45) is 0.826. The van der Waals surface area contributed by atoms with Crippen molar-refractivity contribution in [1.29, 1.82) is 0 Å². The minimum atomic E-state index is -0.464. The molecule has 0 saturated heterocycles. The Labute approximate surface area is 153 Å². The molecule has 0 atom stereocenters. The van der Waals surface area contributed by atoms with E-state index in [9.17, 15) is 14.9 Å². The molecule has 26 heavy (non-hydrogen) atoms. The molecule has 1 aromatic carbocycles. The second kappa shape index (κ2) is 9.10. The number of aryl methyl sites for hydroxylation is 1. The number of amides is 1. The topological polar surface area (TPSA) is 93.3 Å². The molecular weight excluding hydrogens is 334 g/mol. The minimum absolute atomic E-state index is 0.0135. The van der Waals surface area contributed by atoms with E-state index in [4.69, 9.17) is 0 Å². The smallest absolute Gasteiger partial charge is 0.312 e. The van der Waals surface area contributed by atoms with E-state index in [1.54, 1.807) is 13.8 Å². The number of hydrogen-bond donors (Lipinski definition) is 1. The molecule has 140 valence electrons. The molecule has 0 aliphatic carbocycles. The van der Waals surface area contributed by atoms with Gasteiger partial charge in [-0.1, -0.05) is 30.3 Å². The summed E-state index contributed by atoms with van der Waals surface area (Å²) in [7, 11) is 2.05. The number of carbonyl (C=O) groups excluding carboxylic acids is 1. The third kappa shape index (κ3) is 5.38. The van der Waals surface area contributed by atoms with Crippen LogP contribution in [0.15, 0.2) is 30.3 Å². The number of rotatable bonds is 9. The van der Waals surface area contributed by atoms with Gasteiger partial charge in [0.1, 0.15) is 17.9 Å². The van der Waals surface area contributed by atoms with Crippen LogP contribution in [0.5, 0.6) is 0 Å². The highest BCUT2D eigenvalue weighted by molar-refractivity contribution is 5.75. The predicted molar refractivity (Wildman–Crippen MR) is 98.8 cm³/mol. The summed E-state index contributed by atoms with van der Waals surface area (Å²) in [5, 5.41) is 17.9. The molecule has 1 amide bonds. The molecule has 0 unspecified atom stereocenters. The molecule has 2 aromatic rings. The van der Waals surface area contributed by atoms with Gasteiger partial charge in [0.25, 0.3) is 0 Å². The molecule has 0 aliphatic rings. The molecule has 0 bridgehead atoms. The van der Waals surface area contributed by atoms with Crippen LogP contribution in [0.3, 0.4) is 0 Å². The van der Waals surface area contributed by atoms with Crippen LogP contribution < -0.4 is 5.32 Å². The fraction of sp³-hybridized carbons (Fsp3) is 0.444. The van der Waals surface area contributed by atoms with Gasteiger partial charge in [0, 0.05) is 13.1 Å². The summed E-state index contributed by atoms with van der Waals surface area (Å²) < 4.78 is 1.38. The van der Waals surface area contributed by atoms with Gasteiger partial charge in [0.05, 0.1) is 4.92 Å². The van der Waals surface area contributed by atoms with Gasteiger partial charge in [-0.05, 0) is 39.4 Å². The molecule has 1 aromatic heterocycles. The largest absolute Gasteiger partial charge is 0.354 e. The summed E-state index contributed by atoms with van der Waals surface area (Å²) in [5.41, 5.74) is 1.94. The lowest BCUT2D eigenvalue weighted by atomic mass is 10.2. The molecule has 0 radical (unpaired) electrons. The van der Waals surface area contributed by atoms with E-state index in [1.807, 2.05) is 25.2 Å². The second-order valence-electron chi connectivity index (χ2n) is 6.36. The van der Waals surface area contributed by atoms with Gasteiger partial charge < -0.3 is 10.2 Å². The first-order valence-corrected chi connectivity index (χ1v) is 8.56. The zero-order valence-electron chi connectivity index (χ0n) is 15.4. The number of benzene rings is 1. The van der Waals surface area contributed by atoms with Crippen molar-refractivity contribution in [2.75, 3.05) is 20.1 Å². The monoisotopic (exact) mass is 359 g/mol. The molecule has 1 N–H and O–H groups in total. The average molecular weight is 359 g/mol. The summed E-state index contributed by atoms with van der Waals surface area (Å²) in [4.78, 5) is 24.8. The van der Waals surface area contributed by atoms with E-state index in [2.05, 4.69) is 27.4 Å². The maximum Gasteiger partial charge on any atom is 0.312 e. The Morgan fingerprint density at radius 2 is 2.00 bits per heavy atom. The Bertz CT molecular complexity index is 758. The van der Waals surface area contributed by atoms with Gasteiger partial charge in [0.15, 0.2) is 0 Å². The number of nitro groups is 1. The minimum Gasteiger partial charge on any atom is -0.354 e. The van der Waals surface area contributed by atoms with Crippen LogP contribution in [-0.2, 0) is 17.9 Å². The maximum atomic E-state index is 12.0. The third-order valence-corrected chi connectivity index (χ3v) is 4.15. The lowest BCUT2D eigenvalue weighted by molar-refractivity contribution is -0.386. The Balaban J connectivity index is 1.72. The maximum absolute atomic E-state index is 12.0. The van der Waals surface area contributed by atoms with Gasteiger partial charge in [0.2, 0.25) is 5.91 Å². The Hall–Kier alpha value is -2.74. The van der Waals surface area contributed by atoms with Gasteiger partial charge in [-0.25, -0.2) is 0 Å². The van der Waals surface area contributed by atoms with Crippen molar-refractivity contribution in [3.8, 4) is 0 Å². The first-order chi connectivity index (χ1) is 12.4. The summed E-state index contributed by atoms with van der Waals surface area (Å²) >= 11 is 0. The van der Waals surface area contributed by atoms with Crippen molar-refractivity contribution in [3.05, 3.63) is 57.4 Å². The molecule has 0 saturated carbocycles. The predicted octanol–water partition coefficient (Wildman–Crippen LogP) is 2.05. The zero-order valence-corrected chi connectivity index (χ0v) is 15.4. The highest BCUT2D eigenvalue weighted by Crippen LogP contribution is 2.21. The van der Waals surface area contributed by atoms with Gasteiger partial charge in [-0.3, -0.25) is 19.6 Å². The lowest BCUT2D eigenvalue weighted by Crippen LogP contribution is -2.31. The molecule has 0 spiro atoms. The molecule has 8 nitrogen and oxygen atoms in total. The Kier molecular flexibility index (Phi) is 6.85. The van der Waals surface area contributed by atoms with Gasteiger partial charge in [-0.2, -0.15) is 5.10 Å². The summed E-state index contributed by atoms with van der Waals surface area (Å²) in [5.74, 6) is -0.198. The fourth-order valence-electron chi connectivity index (χ4n) is 2.85. The standard InChI is InChI=1S/C18H25N5O3/c1-14-18(23(25)26)15(2)22(20-14)13-17(24)19-10-7-11-21(3)12-16-8-5-4-6-9-16/h4-6,8-9H,7,10-13H2,1-3H3,(H,19,24). The molecule has 1 heterocycles. The number of nitrogens with one attached hydrogen (secondary N) is 1. The number of carbonyl (C=O) groups is 1. The van der Waals surface area contributed by atoms with E-state index in [1.165, 1.54) is 10.2 Å². The highest BCUT2D eigenvalue weighted by Gasteiger charge is 2.22.